The second kappa shape index (κ2) is 5.85. The summed E-state index contributed by atoms with van der Waals surface area (Å²) in [6.07, 6.45) is 0.490. The fraction of sp³-hybridized carbons (Fsp3) is 0.444. The number of amides is 2. The minimum Gasteiger partial charge on any atom is -0.481 e. The van der Waals surface area contributed by atoms with Gasteiger partial charge in [0, 0.05) is 36.2 Å². The summed E-state index contributed by atoms with van der Waals surface area (Å²) in [5.74, 6) is -0.846. The van der Waals surface area contributed by atoms with Crippen LogP contribution in [0.1, 0.15) is 30.2 Å². The highest BCUT2D eigenvalue weighted by Crippen LogP contribution is 2.30. The van der Waals surface area contributed by atoms with Gasteiger partial charge in [0.25, 0.3) is 0 Å². The zero-order chi connectivity index (χ0) is 17.5. The Morgan fingerprint density at radius 1 is 1.38 bits per heavy atom. The van der Waals surface area contributed by atoms with Crippen LogP contribution in [0.15, 0.2) is 18.2 Å². The Kier molecular flexibility index (Phi) is 3.99. The number of aromatic nitrogens is 1. The van der Waals surface area contributed by atoms with E-state index in [1.807, 2.05) is 19.1 Å². The number of aliphatic carboxylic acids is 1. The number of rotatable bonds is 3. The van der Waals surface area contributed by atoms with Crippen LogP contribution in [0.4, 0.5) is 4.79 Å². The van der Waals surface area contributed by atoms with E-state index in [0.29, 0.717) is 19.5 Å². The lowest BCUT2D eigenvalue weighted by molar-refractivity contribution is -0.147. The van der Waals surface area contributed by atoms with Gasteiger partial charge in [-0.05, 0) is 50.5 Å². The topological polar surface area (TPSA) is 85.4 Å². The maximum Gasteiger partial charge on any atom is 0.317 e. The Labute approximate surface area is 140 Å². The summed E-state index contributed by atoms with van der Waals surface area (Å²) in [4.78, 5) is 28.5. The highest BCUT2D eigenvalue weighted by Gasteiger charge is 2.42. The van der Waals surface area contributed by atoms with E-state index in [2.05, 4.69) is 23.3 Å². The number of nitrogens with zero attached hydrogens (tertiary/aromatic N) is 1. The van der Waals surface area contributed by atoms with Gasteiger partial charge in [-0.25, -0.2) is 4.79 Å². The molecule has 2 amide bonds. The van der Waals surface area contributed by atoms with E-state index in [9.17, 15) is 14.7 Å². The summed E-state index contributed by atoms with van der Waals surface area (Å²) in [6.45, 7) is 6.97. The molecular weight excluding hydrogens is 306 g/mol. The number of hydrogen-bond donors (Lipinski definition) is 3. The standard InChI is InChI=1S/C18H23N3O3/c1-11-12(2)20-15-5-4-13(8-14(11)15)9-19-17(24)21-7-6-18(3,10-21)16(22)23/h4-5,8,20H,6-7,9-10H2,1-3H3,(H,19,24)(H,22,23). The molecule has 0 spiro atoms. The number of benzene rings is 1. The lowest BCUT2D eigenvalue weighted by atomic mass is 9.90. The summed E-state index contributed by atoms with van der Waals surface area (Å²) >= 11 is 0. The van der Waals surface area contributed by atoms with Gasteiger partial charge in [-0.3, -0.25) is 4.79 Å². The van der Waals surface area contributed by atoms with E-state index in [0.717, 1.165) is 16.8 Å². The molecule has 1 aromatic carbocycles. The Morgan fingerprint density at radius 2 is 2.12 bits per heavy atom. The third kappa shape index (κ3) is 2.84. The molecule has 2 heterocycles. The van der Waals surface area contributed by atoms with E-state index in [-0.39, 0.29) is 12.6 Å². The predicted octanol–water partition coefficient (Wildman–Crippen LogP) is 2.79. The molecule has 128 valence electrons. The Balaban J connectivity index is 1.65. The van der Waals surface area contributed by atoms with Gasteiger partial charge in [0.05, 0.1) is 5.41 Å². The first-order valence-corrected chi connectivity index (χ1v) is 8.14. The van der Waals surface area contributed by atoms with Crippen molar-refractivity contribution in [1.29, 1.82) is 0 Å². The van der Waals surface area contributed by atoms with Crippen LogP contribution in [-0.4, -0.2) is 40.1 Å². The quantitative estimate of drug-likeness (QED) is 0.809. The van der Waals surface area contributed by atoms with E-state index in [4.69, 9.17) is 0 Å². The molecule has 6 nitrogen and oxygen atoms in total. The highest BCUT2D eigenvalue weighted by molar-refractivity contribution is 5.85. The molecular formula is C18H23N3O3. The lowest BCUT2D eigenvalue weighted by Gasteiger charge is -2.20. The van der Waals surface area contributed by atoms with Crippen molar-refractivity contribution in [3.63, 3.8) is 0 Å². The average molecular weight is 329 g/mol. The predicted molar refractivity (Wildman–Crippen MR) is 91.9 cm³/mol. The van der Waals surface area contributed by atoms with Crippen molar-refractivity contribution in [2.24, 2.45) is 5.41 Å². The molecule has 1 fully saturated rings. The zero-order valence-electron chi connectivity index (χ0n) is 14.3. The van der Waals surface area contributed by atoms with E-state index in [1.54, 1.807) is 11.8 Å². The minimum absolute atomic E-state index is 0.206. The summed E-state index contributed by atoms with van der Waals surface area (Å²) in [5, 5.41) is 13.3. The molecule has 3 N–H and O–H groups in total. The van der Waals surface area contributed by atoms with Gasteiger partial charge in [0.1, 0.15) is 0 Å². The van der Waals surface area contributed by atoms with Crippen LogP contribution in [0, 0.1) is 19.3 Å². The molecule has 0 radical (unpaired) electrons. The maximum absolute atomic E-state index is 12.3. The van der Waals surface area contributed by atoms with Crippen LogP contribution < -0.4 is 5.32 Å². The van der Waals surface area contributed by atoms with Crippen molar-refractivity contribution >= 4 is 22.9 Å². The molecule has 6 heteroatoms. The maximum atomic E-state index is 12.3. The number of hydrogen-bond acceptors (Lipinski definition) is 2. The molecule has 24 heavy (non-hydrogen) atoms. The van der Waals surface area contributed by atoms with Gasteiger partial charge < -0.3 is 20.3 Å². The van der Waals surface area contributed by atoms with Gasteiger partial charge in [0.2, 0.25) is 0 Å². The van der Waals surface area contributed by atoms with Crippen molar-refractivity contribution < 1.29 is 14.7 Å². The first kappa shape index (κ1) is 16.4. The molecule has 1 aliphatic rings. The largest absolute Gasteiger partial charge is 0.481 e. The third-order valence-electron chi connectivity index (χ3n) is 5.09. The molecule has 1 aliphatic heterocycles. The van der Waals surface area contributed by atoms with Crippen LogP contribution in [0.2, 0.25) is 0 Å². The average Bonchev–Trinajstić information content (AvgIpc) is 3.08. The van der Waals surface area contributed by atoms with E-state index < -0.39 is 11.4 Å². The summed E-state index contributed by atoms with van der Waals surface area (Å²) in [6, 6.07) is 5.89. The van der Waals surface area contributed by atoms with Gasteiger partial charge in [0.15, 0.2) is 0 Å². The highest BCUT2D eigenvalue weighted by atomic mass is 16.4. The number of carboxylic acids is 1. The fourth-order valence-electron chi connectivity index (χ4n) is 3.22. The van der Waals surface area contributed by atoms with Crippen molar-refractivity contribution in [2.75, 3.05) is 13.1 Å². The third-order valence-corrected chi connectivity index (χ3v) is 5.09. The first-order valence-electron chi connectivity index (χ1n) is 8.14. The number of urea groups is 1. The molecule has 0 aliphatic carbocycles. The molecule has 1 atom stereocenters. The van der Waals surface area contributed by atoms with Crippen molar-refractivity contribution in [3.8, 4) is 0 Å². The molecule has 2 aromatic rings. The second-order valence-electron chi connectivity index (χ2n) is 6.95. The summed E-state index contributed by atoms with van der Waals surface area (Å²) < 4.78 is 0. The summed E-state index contributed by atoms with van der Waals surface area (Å²) in [7, 11) is 0. The van der Waals surface area contributed by atoms with E-state index >= 15 is 0 Å². The monoisotopic (exact) mass is 329 g/mol. The van der Waals surface area contributed by atoms with E-state index in [1.165, 1.54) is 10.9 Å². The number of likely N-dealkylation sites (tertiary alicyclic amines) is 1. The van der Waals surface area contributed by atoms with Crippen LogP contribution in [0.3, 0.4) is 0 Å². The number of fused-ring (bicyclic) bond motifs is 1. The Morgan fingerprint density at radius 3 is 2.79 bits per heavy atom. The van der Waals surface area contributed by atoms with Gasteiger partial charge >= 0.3 is 12.0 Å². The van der Waals surface area contributed by atoms with Gasteiger partial charge in [-0.1, -0.05) is 6.07 Å². The molecule has 0 bridgehead atoms. The number of H-pyrrole nitrogens is 1. The molecule has 1 unspecified atom stereocenters. The Bertz CT molecular complexity index is 811. The molecule has 1 aromatic heterocycles. The second-order valence-corrected chi connectivity index (χ2v) is 6.95. The van der Waals surface area contributed by atoms with Crippen molar-refractivity contribution in [1.82, 2.24) is 15.2 Å². The number of carbonyl (C=O) groups is 2. The SMILES string of the molecule is Cc1[nH]c2ccc(CNC(=O)N3CCC(C)(C(=O)O)C3)cc2c1C. The van der Waals surface area contributed by atoms with Crippen LogP contribution in [-0.2, 0) is 11.3 Å². The van der Waals surface area contributed by atoms with Crippen LogP contribution in [0.5, 0.6) is 0 Å². The van der Waals surface area contributed by atoms with Crippen molar-refractivity contribution in [2.45, 2.75) is 33.7 Å². The van der Waals surface area contributed by atoms with Gasteiger partial charge in [-0.15, -0.1) is 0 Å². The number of aromatic amines is 1. The number of aryl methyl sites for hydroxylation is 2. The van der Waals surface area contributed by atoms with Gasteiger partial charge in [-0.2, -0.15) is 0 Å². The lowest BCUT2D eigenvalue weighted by Crippen LogP contribution is -2.40. The van der Waals surface area contributed by atoms with Crippen molar-refractivity contribution in [3.05, 3.63) is 35.0 Å². The molecule has 3 rings (SSSR count). The number of carboxylic acid groups (broad SMARTS) is 1. The minimum atomic E-state index is -0.846. The Hall–Kier alpha value is -2.50. The summed E-state index contributed by atoms with van der Waals surface area (Å²) in [5.41, 5.74) is 3.65. The normalized spacial score (nSPS) is 20.5. The first-order chi connectivity index (χ1) is 11.3. The van der Waals surface area contributed by atoms with Crippen LogP contribution in [0.25, 0.3) is 10.9 Å². The number of nitrogens with one attached hydrogen (secondary N) is 2. The smallest absolute Gasteiger partial charge is 0.317 e. The molecule has 0 saturated carbocycles. The van der Waals surface area contributed by atoms with Crippen LogP contribution >= 0.6 is 0 Å². The zero-order valence-corrected chi connectivity index (χ0v) is 14.3. The number of carbonyl (C=O) groups excluding carboxylic acids is 1. The fourth-order valence-corrected chi connectivity index (χ4v) is 3.22. The molecule has 1 saturated heterocycles.